The average Bonchev–Trinajstić information content (AvgIpc) is 2.69. The highest BCUT2D eigenvalue weighted by Crippen LogP contribution is 2.24. The number of nitrogens with zero attached hydrogens (tertiary/aromatic N) is 1. The molecule has 0 saturated carbocycles. The van der Waals surface area contributed by atoms with Gasteiger partial charge in [-0.2, -0.15) is 4.31 Å². The third-order valence-electron chi connectivity index (χ3n) is 4.43. The van der Waals surface area contributed by atoms with Crippen LogP contribution in [0.25, 0.3) is 6.08 Å². The predicted octanol–water partition coefficient (Wildman–Crippen LogP) is 3.44. The third-order valence-corrected chi connectivity index (χ3v) is 5.99. The van der Waals surface area contributed by atoms with Gasteiger partial charge in [-0.1, -0.05) is 42.5 Å². The fraction of sp³-hybridized carbons (Fsp3) is 0.250. The lowest BCUT2D eigenvalue weighted by Crippen LogP contribution is -2.40. The van der Waals surface area contributed by atoms with Gasteiger partial charge in [0.25, 0.3) is 0 Å². The fourth-order valence-corrected chi connectivity index (χ4v) is 4.10. The van der Waals surface area contributed by atoms with E-state index in [1.807, 2.05) is 30.3 Å². The van der Waals surface area contributed by atoms with E-state index in [0.717, 1.165) is 5.56 Å². The maximum Gasteiger partial charge on any atom is 0.314 e. The van der Waals surface area contributed by atoms with Gasteiger partial charge < -0.3 is 4.74 Å². The van der Waals surface area contributed by atoms with Crippen LogP contribution in [0, 0.1) is 11.7 Å². The number of rotatable bonds is 5. The Morgan fingerprint density at radius 2 is 1.67 bits per heavy atom. The van der Waals surface area contributed by atoms with E-state index in [1.54, 1.807) is 12.1 Å². The molecule has 0 aliphatic carbocycles. The number of esters is 1. The number of carbonyl (C=O) groups excluding carboxylic acids is 1. The van der Waals surface area contributed by atoms with Gasteiger partial charge in [0.15, 0.2) is 11.6 Å². The van der Waals surface area contributed by atoms with Crippen molar-refractivity contribution in [2.24, 2.45) is 5.92 Å². The van der Waals surface area contributed by atoms with Crippen LogP contribution in [0.3, 0.4) is 0 Å². The molecule has 1 fully saturated rings. The molecule has 142 valence electrons. The van der Waals surface area contributed by atoms with Crippen molar-refractivity contribution >= 4 is 22.1 Å². The van der Waals surface area contributed by atoms with Gasteiger partial charge in [0.1, 0.15) is 0 Å². The molecule has 0 aromatic heterocycles. The second-order valence-electron chi connectivity index (χ2n) is 6.28. The van der Waals surface area contributed by atoms with Crippen LogP contribution in [-0.2, 0) is 14.8 Å². The number of sulfonamides is 1. The van der Waals surface area contributed by atoms with Gasteiger partial charge >= 0.3 is 5.97 Å². The summed E-state index contributed by atoms with van der Waals surface area (Å²) in [6.07, 6.45) is 2.23. The molecule has 1 aliphatic heterocycles. The first-order valence-corrected chi connectivity index (χ1v) is 10.2. The summed E-state index contributed by atoms with van der Waals surface area (Å²) in [5, 5.41) is 1.18. The molecule has 3 rings (SSSR count). The summed E-state index contributed by atoms with van der Waals surface area (Å²) in [6, 6.07) is 14.9. The molecular weight excluding hydrogens is 369 g/mol. The molecule has 0 amide bonds. The number of benzene rings is 2. The van der Waals surface area contributed by atoms with Gasteiger partial charge in [-0.05, 0) is 36.6 Å². The Morgan fingerprint density at radius 3 is 2.33 bits per heavy atom. The van der Waals surface area contributed by atoms with Crippen LogP contribution in [0.2, 0.25) is 0 Å². The number of hydrogen-bond acceptors (Lipinski definition) is 4. The highest BCUT2D eigenvalue weighted by molar-refractivity contribution is 7.92. The summed E-state index contributed by atoms with van der Waals surface area (Å²) in [5.41, 5.74) is 0.796. The highest BCUT2D eigenvalue weighted by Gasteiger charge is 2.31. The predicted molar refractivity (Wildman–Crippen MR) is 101 cm³/mol. The Kier molecular flexibility index (Phi) is 6.03. The summed E-state index contributed by atoms with van der Waals surface area (Å²) in [4.78, 5) is 12.2. The van der Waals surface area contributed by atoms with E-state index in [9.17, 15) is 17.6 Å². The van der Waals surface area contributed by atoms with Crippen LogP contribution in [-0.4, -0.2) is 31.8 Å². The topological polar surface area (TPSA) is 63.7 Å². The van der Waals surface area contributed by atoms with Crippen molar-refractivity contribution in [3.05, 3.63) is 71.4 Å². The lowest BCUT2D eigenvalue weighted by molar-refractivity contribution is -0.140. The Bertz CT molecular complexity index is 920. The molecular formula is C20H20FNO4S. The molecule has 2 aromatic rings. The van der Waals surface area contributed by atoms with E-state index in [2.05, 4.69) is 0 Å². The van der Waals surface area contributed by atoms with Crippen LogP contribution in [0.4, 0.5) is 4.39 Å². The van der Waals surface area contributed by atoms with E-state index in [0.29, 0.717) is 12.8 Å². The highest BCUT2D eigenvalue weighted by atomic mass is 32.2. The van der Waals surface area contributed by atoms with Crippen molar-refractivity contribution in [1.82, 2.24) is 4.31 Å². The number of ether oxygens (including phenoxy) is 1. The van der Waals surface area contributed by atoms with Gasteiger partial charge in [-0.15, -0.1) is 0 Å². The van der Waals surface area contributed by atoms with E-state index in [4.69, 9.17) is 4.74 Å². The zero-order valence-electron chi connectivity index (χ0n) is 14.6. The van der Waals surface area contributed by atoms with Crippen molar-refractivity contribution < 1.29 is 22.3 Å². The fourth-order valence-electron chi connectivity index (χ4n) is 2.88. The quantitative estimate of drug-likeness (QED) is 0.580. The van der Waals surface area contributed by atoms with Gasteiger partial charge in [0, 0.05) is 18.5 Å². The first-order valence-electron chi connectivity index (χ1n) is 8.65. The molecule has 1 heterocycles. The van der Waals surface area contributed by atoms with Crippen molar-refractivity contribution in [3.8, 4) is 5.75 Å². The second kappa shape index (κ2) is 8.45. The molecule has 2 aromatic carbocycles. The standard InChI is InChI=1S/C20H20FNO4S/c21-18-8-4-5-9-19(18)26-20(23)17-10-13-22(14-11-17)27(24,25)15-12-16-6-2-1-3-7-16/h1-9,12,15,17H,10-11,13-14H2/b15-12+. The maximum absolute atomic E-state index is 13.6. The Hall–Kier alpha value is -2.51. The minimum Gasteiger partial charge on any atom is -0.423 e. The number of piperidine rings is 1. The summed E-state index contributed by atoms with van der Waals surface area (Å²) in [7, 11) is -3.56. The first-order chi connectivity index (χ1) is 13.0. The Morgan fingerprint density at radius 1 is 1.04 bits per heavy atom. The summed E-state index contributed by atoms with van der Waals surface area (Å²) in [6.45, 7) is 0.441. The van der Waals surface area contributed by atoms with Crippen molar-refractivity contribution in [2.45, 2.75) is 12.8 Å². The number of carbonyl (C=O) groups is 1. The van der Waals surface area contributed by atoms with Gasteiger partial charge in [-0.25, -0.2) is 12.8 Å². The smallest absolute Gasteiger partial charge is 0.314 e. The SMILES string of the molecule is O=C(Oc1ccccc1F)C1CCN(S(=O)(=O)/C=C/c2ccccc2)CC1. The van der Waals surface area contributed by atoms with Gasteiger partial charge in [-0.3, -0.25) is 4.79 Å². The number of halogens is 1. The molecule has 0 bridgehead atoms. The first kappa shape index (κ1) is 19.3. The summed E-state index contributed by atoms with van der Waals surface area (Å²) < 4.78 is 44.9. The monoisotopic (exact) mass is 389 g/mol. The van der Waals surface area contributed by atoms with Crippen LogP contribution in [0.5, 0.6) is 5.75 Å². The van der Waals surface area contributed by atoms with E-state index in [1.165, 1.54) is 27.9 Å². The molecule has 0 atom stereocenters. The maximum atomic E-state index is 13.6. The molecule has 0 unspecified atom stereocenters. The van der Waals surface area contributed by atoms with Crippen LogP contribution < -0.4 is 4.74 Å². The zero-order valence-corrected chi connectivity index (χ0v) is 15.4. The molecule has 0 N–H and O–H groups in total. The Labute approximate surface area is 158 Å². The summed E-state index contributed by atoms with van der Waals surface area (Å²) >= 11 is 0. The van der Waals surface area contributed by atoms with E-state index in [-0.39, 0.29) is 18.8 Å². The van der Waals surface area contributed by atoms with Crippen LogP contribution in [0.1, 0.15) is 18.4 Å². The molecule has 1 saturated heterocycles. The number of hydrogen-bond donors (Lipinski definition) is 0. The number of para-hydroxylation sites is 1. The molecule has 0 spiro atoms. The van der Waals surface area contributed by atoms with Gasteiger partial charge in [0.2, 0.25) is 10.0 Å². The second-order valence-corrected chi connectivity index (χ2v) is 8.10. The molecule has 7 heteroatoms. The third kappa shape index (κ3) is 5.02. The molecule has 1 aliphatic rings. The minimum absolute atomic E-state index is 0.108. The van der Waals surface area contributed by atoms with Crippen molar-refractivity contribution in [2.75, 3.05) is 13.1 Å². The van der Waals surface area contributed by atoms with Gasteiger partial charge in [0.05, 0.1) is 5.92 Å². The summed E-state index contributed by atoms with van der Waals surface area (Å²) in [5.74, 6) is -1.69. The van der Waals surface area contributed by atoms with Crippen LogP contribution in [0.15, 0.2) is 60.0 Å². The normalized spacial score (nSPS) is 16.5. The van der Waals surface area contributed by atoms with E-state index >= 15 is 0 Å². The zero-order chi connectivity index (χ0) is 19.3. The lowest BCUT2D eigenvalue weighted by atomic mass is 9.98. The van der Waals surface area contributed by atoms with Crippen molar-refractivity contribution in [3.63, 3.8) is 0 Å². The largest absolute Gasteiger partial charge is 0.423 e. The lowest BCUT2D eigenvalue weighted by Gasteiger charge is -2.29. The Balaban J connectivity index is 1.57. The van der Waals surface area contributed by atoms with E-state index < -0.39 is 27.7 Å². The van der Waals surface area contributed by atoms with Crippen molar-refractivity contribution in [1.29, 1.82) is 0 Å². The van der Waals surface area contributed by atoms with Crippen LogP contribution >= 0.6 is 0 Å². The molecule has 0 radical (unpaired) electrons. The average molecular weight is 389 g/mol. The molecule has 27 heavy (non-hydrogen) atoms. The molecule has 5 nitrogen and oxygen atoms in total. The minimum atomic E-state index is -3.56.